The van der Waals surface area contributed by atoms with Crippen molar-refractivity contribution in [3.8, 4) is 0 Å². The van der Waals surface area contributed by atoms with E-state index in [0.717, 1.165) is 24.2 Å². The van der Waals surface area contributed by atoms with E-state index in [0.29, 0.717) is 36.3 Å². The molecule has 0 saturated carbocycles. The van der Waals surface area contributed by atoms with Crippen LogP contribution in [-0.2, 0) is 22.4 Å². The van der Waals surface area contributed by atoms with Crippen LogP contribution in [0.25, 0.3) is 5.52 Å². The van der Waals surface area contributed by atoms with Gasteiger partial charge in [-0.05, 0) is 25.7 Å². The molecule has 0 unspecified atom stereocenters. The smallest absolute Gasteiger partial charge is 0.242 e. The number of nitrogens with zero attached hydrogens (tertiary/aromatic N) is 6. The van der Waals surface area contributed by atoms with Crippen molar-refractivity contribution in [2.45, 2.75) is 25.7 Å². The molecule has 0 aromatic carbocycles. The van der Waals surface area contributed by atoms with Crippen LogP contribution in [0.4, 0.5) is 5.82 Å². The van der Waals surface area contributed by atoms with Crippen molar-refractivity contribution in [3.63, 3.8) is 0 Å². The molecule has 2 fully saturated rings. The third-order valence-corrected chi connectivity index (χ3v) is 7.30. The minimum Gasteiger partial charge on any atom is -0.351 e. The molecule has 5 rings (SSSR count). The summed E-state index contributed by atoms with van der Waals surface area (Å²) in [6, 6.07) is 0. The lowest BCUT2D eigenvalue weighted by Gasteiger charge is -2.36. The molecule has 1 aliphatic carbocycles. The van der Waals surface area contributed by atoms with Gasteiger partial charge in [-0.3, -0.25) is 14.5 Å². The Bertz CT molecular complexity index is 982. The number of piperazine rings is 1. The Hall–Kier alpha value is -2.20. The number of amides is 2. The maximum absolute atomic E-state index is 12.7. The summed E-state index contributed by atoms with van der Waals surface area (Å²) in [6.45, 7) is 2.70. The Morgan fingerprint density at radius 1 is 1.17 bits per heavy atom. The van der Waals surface area contributed by atoms with Gasteiger partial charge < -0.3 is 9.80 Å². The standard InChI is InChI=1S/C19H22N6O2S2/c26-15(11-24-16(27)12-29-19(24)28)22-7-9-23(10-8-22)18-17-13-3-1-2-4-14(13)21-25(17)6-5-20-18/h5-6H,1-4,7-12H2. The lowest BCUT2D eigenvalue weighted by molar-refractivity contribution is -0.136. The fraction of sp³-hybridized carbons (Fsp3) is 0.526. The van der Waals surface area contributed by atoms with Crippen molar-refractivity contribution < 1.29 is 9.59 Å². The molecule has 2 saturated heterocycles. The summed E-state index contributed by atoms with van der Waals surface area (Å²) in [5, 5.41) is 4.76. The number of anilines is 1. The number of aromatic nitrogens is 3. The second-order valence-electron chi connectivity index (χ2n) is 7.58. The quantitative estimate of drug-likeness (QED) is 0.676. The number of carbonyl (C=O) groups excluding carboxylic acids is 2. The van der Waals surface area contributed by atoms with Crippen molar-refractivity contribution in [2.75, 3.05) is 43.4 Å². The van der Waals surface area contributed by atoms with Crippen LogP contribution in [0.3, 0.4) is 0 Å². The van der Waals surface area contributed by atoms with Crippen molar-refractivity contribution in [1.82, 2.24) is 24.4 Å². The van der Waals surface area contributed by atoms with E-state index in [-0.39, 0.29) is 18.4 Å². The first kappa shape index (κ1) is 18.8. The predicted octanol–water partition coefficient (Wildman–Crippen LogP) is 1.12. The molecule has 0 spiro atoms. The van der Waals surface area contributed by atoms with Gasteiger partial charge in [0.2, 0.25) is 11.8 Å². The summed E-state index contributed by atoms with van der Waals surface area (Å²) in [5.41, 5.74) is 3.65. The average molecular weight is 431 g/mol. The zero-order valence-electron chi connectivity index (χ0n) is 16.0. The van der Waals surface area contributed by atoms with Gasteiger partial charge >= 0.3 is 0 Å². The number of thiocarbonyl (C=S) groups is 1. The normalized spacial score (nSPS) is 19.9. The van der Waals surface area contributed by atoms with E-state index in [4.69, 9.17) is 17.3 Å². The molecule has 2 aromatic heterocycles. The zero-order valence-corrected chi connectivity index (χ0v) is 17.7. The number of hydrogen-bond donors (Lipinski definition) is 0. The summed E-state index contributed by atoms with van der Waals surface area (Å²) in [6.07, 6.45) is 8.20. The van der Waals surface area contributed by atoms with E-state index in [1.165, 1.54) is 40.8 Å². The van der Waals surface area contributed by atoms with Crippen LogP contribution in [0, 0.1) is 0 Å². The Morgan fingerprint density at radius 2 is 1.97 bits per heavy atom. The number of thioether (sulfide) groups is 1. The highest BCUT2D eigenvalue weighted by atomic mass is 32.2. The molecular weight excluding hydrogens is 408 g/mol. The Morgan fingerprint density at radius 3 is 2.72 bits per heavy atom. The number of hydrogen-bond acceptors (Lipinski definition) is 7. The second-order valence-corrected chi connectivity index (χ2v) is 9.19. The monoisotopic (exact) mass is 430 g/mol. The molecule has 0 N–H and O–H groups in total. The molecular formula is C19H22N6O2S2. The first-order chi connectivity index (χ1) is 14.1. The largest absolute Gasteiger partial charge is 0.351 e. The molecule has 10 heteroatoms. The van der Waals surface area contributed by atoms with Crippen molar-refractivity contribution in [3.05, 3.63) is 23.7 Å². The molecule has 0 bridgehead atoms. The highest BCUT2D eigenvalue weighted by Crippen LogP contribution is 2.30. The highest BCUT2D eigenvalue weighted by molar-refractivity contribution is 8.23. The van der Waals surface area contributed by atoms with Crippen LogP contribution in [0.2, 0.25) is 0 Å². The lowest BCUT2D eigenvalue weighted by Crippen LogP contribution is -2.52. The molecule has 8 nitrogen and oxygen atoms in total. The zero-order chi connectivity index (χ0) is 20.0. The summed E-state index contributed by atoms with van der Waals surface area (Å²) in [5.74, 6) is 1.18. The minimum absolute atomic E-state index is 0.0456. The van der Waals surface area contributed by atoms with E-state index < -0.39 is 0 Å². The van der Waals surface area contributed by atoms with Gasteiger partial charge in [0, 0.05) is 44.1 Å². The molecule has 29 heavy (non-hydrogen) atoms. The summed E-state index contributed by atoms with van der Waals surface area (Å²) >= 11 is 6.50. The number of carbonyl (C=O) groups is 2. The van der Waals surface area contributed by atoms with Crippen LogP contribution in [0.15, 0.2) is 12.4 Å². The van der Waals surface area contributed by atoms with Gasteiger partial charge in [-0.25, -0.2) is 9.50 Å². The van der Waals surface area contributed by atoms with Gasteiger partial charge in [0.15, 0.2) is 5.82 Å². The molecule has 2 aliphatic heterocycles. The van der Waals surface area contributed by atoms with Crippen LogP contribution in [-0.4, -0.2) is 79.0 Å². The molecule has 0 radical (unpaired) electrons. The predicted molar refractivity (Wildman–Crippen MR) is 115 cm³/mol. The van der Waals surface area contributed by atoms with Crippen LogP contribution >= 0.6 is 24.0 Å². The maximum Gasteiger partial charge on any atom is 0.242 e. The number of fused-ring (bicyclic) bond motifs is 3. The number of rotatable bonds is 3. The third-order valence-electron chi connectivity index (χ3n) is 5.86. The van der Waals surface area contributed by atoms with Crippen molar-refractivity contribution in [1.29, 1.82) is 0 Å². The van der Waals surface area contributed by atoms with Gasteiger partial charge in [0.1, 0.15) is 16.4 Å². The SMILES string of the molecule is O=C(CN1C(=O)CSC1=S)N1CCN(c2nccn3nc4c(c23)CCCC4)CC1. The topological polar surface area (TPSA) is 74.1 Å². The van der Waals surface area contributed by atoms with Crippen LogP contribution in [0.1, 0.15) is 24.1 Å². The van der Waals surface area contributed by atoms with Gasteiger partial charge in [0.05, 0.1) is 11.4 Å². The Balaban J connectivity index is 1.30. The molecule has 0 atom stereocenters. The van der Waals surface area contributed by atoms with Crippen molar-refractivity contribution >= 4 is 51.4 Å². The van der Waals surface area contributed by atoms with E-state index in [9.17, 15) is 9.59 Å². The van der Waals surface area contributed by atoms with Crippen LogP contribution in [0.5, 0.6) is 0 Å². The summed E-state index contributed by atoms with van der Waals surface area (Å²) < 4.78 is 2.47. The first-order valence-electron chi connectivity index (χ1n) is 9.97. The Kier molecular flexibility index (Phi) is 4.91. The average Bonchev–Trinajstić information content (AvgIpc) is 3.28. The minimum atomic E-state index is -0.0756. The highest BCUT2D eigenvalue weighted by Gasteiger charge is 2.31. The van der Waals surface area contributed by atoms with Gasteiger partial charge in [-0.1, -0.05) is 24.0 Å². The summed E-state index contributed by atoms with van der Waals surface area (Å²) in [4.78, 5) is 34.7. The molecule has 2 aromatic rings. The fourth-order valence-electron chi connectivity index (χ4n) is 4.31. The molecule has 152 valence electrons. The maximum atomic E-state index is 12.7. The third kappa shape index (κ3) is 3.38. The van der Waals surface area contributed by atoms with E-state index >= 15 is 0 Å². The van der Waals surface area contributed by atoms with E-state index in [2.05, 4.69) is 9.88 Å². The second kappa shape index (κ2) is 7.56. The lowest BCUT2D eigenvalue weighted by atomic mass is 9.97. The fourth-order valence-corrected chi connectivity index (χ4v) is 5.38. The molecule has 3 aliphatic rings. The Labute approximate surface area is 178 Å². The van der Waals surface area contributed by atoms with E-state index in [1.807, 2.05) is 15.6 Å². The van der Waals surface area contributed by atoms with Gasteiger partial charge in [-0.15, -0.1) is 0 Å². The van der Waals surface area contributed by atoms with Crippen LogP contribution < -0.4 is 4.90 Å². The summed E-state index contributed by atoms with van der Waals surface area (Å²) in [7, 11) is 0. The van der Waals surface area contributed by atoms with Gasteiger partial charge in [0.25, 0.3) is 0 Å². The van der Waals surface area contributed by atoms with Gasteiger partial charge in [-0.2, -0.15) is 5.10 Å². The van der Waals surface area contributed by atoms with E-state index in [1.54, 1.807) is 6.20 Å². The number of aryl methyl sites for hydroxylation is 2. The molecule has 2 amide bonds. The van der Waals surface area contributed by atoms with Crippen molar-refractivity contribution in [2.24, 2.45) is 0 Å². The molecule has 4 heterocycles. The first-order valence-corrected chi connectivity index (χ1v) is 11.4.